The van der Waals surface area contributed by atoms with E-state index in [-0.39, 0.29) is 5.91 Å². The third-order valence-corrected chi connectivity index (χ3v) is 5.99. The van der Waals surface area contributed by atoms with Gasteiger partial charge in [0.2, 0.25) is 0 Å². The summed E-state index contributed by atoms with van der Waals surface area (Å²) in [5.41, 5.74) is 1.89. The van der Waals surface area contributed by atoms with Gasteiger partial charge in [0, 0.05) is 0 Å². The zero-order valence-electron chi connectivity index (χ0n) is 10.9. The molecule has 4 rings (SSSR count). The summed E-state index contributed by atoms with van der Waals surface area (Å²) in [6, 6.07) is 7.60. The van der Waals surface area contributed by atoms with Crippen LogP contribution in [0.1, 0.15) is 14.7 Å². The van der Waals surface area contributed by atoms with Crippen LogP contribution in [0.4, 0.5) is 5.13 Å². The lowest BCUT2D eigenvalue weighted by Gasteiger charge is -1.96. The largest absolute Gasteiger partial charge is 0.297 e. The van der Waals surface area contributed by atoms with Crippen molar-refractivity contribution in [3.8, 4) is 0 Å². The molecule has 4 nitrogen and oxygen atoms in total. The summed E-state index contributed by atoms with van der Waals surface area (Å²) in [7, 11) is 0. The highest BCUT2D eigenvalue weighted by Gasteiger charge is 2.13. The van der Waals surface area contributed by atoms with Gasteiger partial charge >= 0.3 is 0 Å². The second-order valence-corrected chi connectivity index (χ2v) is 7.60. The Bertz CT molecular complexity index is 953. The van der Waals surface area contributed by atoms with Crippen molar-refractivity contribution in [2.75, 3.05) is 5.32 Å². The van der Waals surface area contributed by atoms with E-state index in [0.29, 0.717) is 10.0 Å². The molecule has 1 N–H and O–H groups in total. The summed E-state index contributed by atoms with van der Waals surface area (Å²) in [5, 5.41) is 6.42. The molecule has 0 spiro atoms. The van der Waals surface area contributed by atoms with Crippen molar-refractivity contribution in [2.45, 2.75) is 6.92 Å². The van der Waals surface area contributed by atoms with Gasteiger partial charge in [0.1, 0.15) is 0 Å². The summed E-state index contributed by atoms with van der Waals surface area (Å²) in [6.45, 7) is 2.00. The molecule has 3 aromatic heterocycles. The summed E-state index contributed by atoms with van der Waals surface area (Å²) in [6.07, 6.45) is 0. The topological polar surface area (TPSA) is 54.9 Å². The molecule has 0 unspecified atom stereocenters. The monoisotopic (exact) mass is 331 g/mol. The molecule has 1 aromatic carbocycles. The fraction of sp³-hybridized carbons (Fsp3) is 0.0714. The third-order valence-electron chi connectivity index (χ3n) is 2.98. The molecule has 0 saturated carbocycles. The molecule has 0 saturated heterocycles. The van der Waals surface area contributed by atoms with Gasteiger partial charge in [-0.25, -0.2) is 9.97 Å². The van der Waals surface area contributed by atoms with Gasteiger partial charge in [-0.15, -0.1) is 22.7 Å². The Morgan fingerprint density at radius 1 is 1.10 bits per heavy atom. The molecule has 7 heteroatoms. The molecule has 3 heterocycles. The van der Waals surface area contributed by atoms with Crippen LogP contribution in [0.2, 0.25) is 0 Å². The van der Waals surface area contributed by atoms with E-state index in [9.17, 15) is 4.79 Å². The normalized spacial score (nSPS) is 11.3. The lowest BCUT2D eigenvalue weighted by Crippen LogP contribution is -2.09. The first kappa shape index (κ1) is 12.9. The molecule has 1 amide bonds. The minimum atomic E-state index is -0.110. The number of carbonyl (C=O) groups is 1. The van der Waals surface area contributed by atoms with Crippen molar-refractivity contribution in [3.05, 3.63) is 39.5 Å². The van der Waals surface area contributed by atoms with Crippen molar-refractivity contribution in [2.24, 2.45) is 0 Å². The van der Waals surface area contributed by atoms with Gasteiger partial charge in [-0.3, -0.25) is 10.1 Å². The van der Waals surface area contributed by atoms with Crippen molar-refractivity contribution in [1.29, 1.82) is 0 Å². The maximum Gasteiger partial charge on any atom is 0.267 e. The average molecular weight is 331 g/mol. The quantitative estimate of drug-likeness (QED) is 0.587. The zero-order chi connectivity index (χ0) is 14.4. The van der Waals surface area contributed by atoms with E-state index < -0.39 is 0 Å². The number of fused-ring (bicyclic) bond motifs is 3. The fourth-order valence-electron chi connectivity index (χ4n) is 2.10. The predicted molar refractivity (Wildman–Crippen MR) is 89.8 cm³/mol. The molecule has 0 fully saturated rings. The molecular formula is C14H9N3OS3. The predicted octanol–water partition coefficient (Wildman–Crippen LogP) is 4.53. The Kier molecular flexibility index (Phi) is 2.99. The smallest absolute Gasteiger partial charge is 0.267 e. The van der Waals surface area contributed by atoms with E-state index in [1.807, 2.05) is 30.5 Å². The van der Waals surface area contributed by atoms with Crippen LogP contribution in [0.5, 0.6) is 0 Å². The molecule has 0 radical (unpaired) electrons. The number of anilines is 1. The molecule has 21 heavy (non-hydrogen) atoms. The summed E-state index contributed by atoms with van der Waals surface area (Å²) in [5.74, 6) is -0.110. The molecule has 0 bridgehead atoms. The second kappa shape index (κ2) is 4.87. The minimum absolute atomic E-state index is 0.110. The number of nitrogens with zero attached hydrogens (tertiary/aromatic N) is 2. The van der Waals surface area contributed by atoms with Crippen LogP contribution in [-0.2, 0) is 0 Å². The van der Waals surface area contributed by atoms with E-state index in [4.69, 9.17) is 0 Å². The summed E-state index contributed by atoms with van der Waals surface area (Å²) in [4.78, 5) is 21.7. The molecule has 4 aromatic rings. The molecular weight excluding hydrogens is 322 g/mol. The Morgan fingerprint density at radius 2 is 1.86 bits per heavy atom. The number of thiophene rings is 1. The Morgan fingerprint density at radius 3 is 2.62 bits per heavy atom. The second-order valence-electron chi connectivity index (χ2n) is 4.45. The maximum atomic E-state index is 12.1. The van der Waals surface area contributed by atoms with Gasteiger partial charge < -0.3 is 0 Å². The van der Waals surface area contributed by atoms with E-state index in [2.05, 4.69) is 15.3 Å². The van der Waals surface area contributed by atoms with Gasteiger partial charge in [-0.2, -0.15) is 0 Å². The highest BCUT2D eigenvalue weighted by atomic mass is 32.1. The van der Waals surface area contributed by atoms with Crippen LogP contribution in [0.25, 0.3) is 20.4 Å². The van der Waals surface area contributed by atoms with Crippen LogP contribution in [0.15, 0.2) is 29.6 Å². The first-order chi connectivity index (χ1) is 10.2. The SMILES string of the molecule is Cc1nc2ccc3nc(NC(=O)c4cccs4)sc3c2s1. The van der Waals surface area contributed by atoms with E-state index in [1.54, 1.807) is 17.4 Å². The van der Waals surface area contributed by atoms with Gasteiger partial charge in [-0.1, -0.05) is 17.4 Å². The van der Waals surface area contributed by atoms with Crippen LogP contribution in [0.3, 0.4) is 0 Å². The van der Waals surface area contributed by atoms with Gasteiger partial charge in [-0.05, 0) is 30.5 Å². The third kappa shape index (κ3) is 2.23. The Balaban J connectivity index is 1.76. The van der Waals surface area contributed by atoms with Crippen molar-refractivity contribution in [1.82, 2.24) is 9.97 Å². The first-order valence-electron chi connectivity index (χ1n) is 6.22. The van der Waals surface area contributed by atoms with Crippen molar-refractivity contribution >= 4 is 65.5 Å². The number of aryl methyl sites for hydroxylation is 1. The van der Waals surface area contributed by atoms with E-state index in [1.165, 1.54) is 22.7 Å². The van der Waals surface area contributed by atoms with Gasteiger partial charge in [0.05, 0.1) is 30.3 Å². The lowest BCUT2D eigenvalue weighted by molar-refractivity contribution is 0.103. The highest BCUT2D eigenvalue weighted by molar-refractivity contribution is 7.28. The standard InChI is InChI=1S/C14H9N3OS3/c1-7-15-8-4-5-9-12(11(8)20-7)21-14(16-9)17-13(18)10-3-2-6-19-10/h2-6H,1H3,(H,16,17,18). The number of hydrogen-bond donors (Lipinski definition) is 1. The maximum absolute atomic E-state index is 12.1. The molecule has 0 aliphatic rings. The zero-order valence-corrected chi connectivity index (χ0v) is 13.4. The van der Waals surface area contributed by atoms with E-state index in [0.717, 1.165) is 25.4 Å². The number of aromatic nitrogens is 2. The van der Waals surface area contributed by atoms with Crippen LogP contribution in [0, 0.1) is 6.92 Å². The first-order valence-corrected chi connectivity index (χ1v) is 8.73. The number of carbonyl (C=O) groups excluding carboxylic acids is 1. The lowest BCUT2D eigenvalue weighted by atomic mass is 10.3. The summed E-state index contributed by atoms with van der Waals surface area (Å²) < 4.78 is 2.22. The number of benzene rings is 1. The number of amides is 1. The van der Waals surface area contributed by atoms with Gasteiger partial charge in [0.25, 0.3) is 5.91 Å². The number of hydrogen-bond acceptors (Lipinski definition) is 6. The Labute approximate surface area is 132 Å². The fourth-order valence-corrected chi connectivity index (χ4v) is 4.72. The van der Waals surface area contributed by atoms with Crippen LogP contribution >= 0.6 is 34.0 Å². The van der Waals surface area contributed by atoms with Gasteiger partial charge in [0.15, 0.2) is 5.13 Å². The molecule has 0 aliphatic carbocycles. The number of nitrogens with one attached hydrogen (secondary N) is 1. The van der Waals surface area contributed by atoms with E-state index >= 15 is 0 Å². The molecule has 0 aliphatic heterocycles. The average Bonchev–Trinajstić information content (AvgIpc) is 3.14. The minimum Gasteiger partial charge on any atom is -0.297 e. The van der Waals surface area contributed by atoms with Crippen molar-refractivity contribution < 1.29 is 4.79 Å². The number of rotatable bonds is 2. The molecule has 104 valence electrons. The Hall–Kier alpha value is -1.83. The number of thiazole rings is 2. The van der Waals surface area contributed by atoms with Crippen LogP contribution < -0.4 is 5.32 Å². The van der Waals surface area contributed by atoms with Crippen LogP contribution in [-0.4, -0.2) is 15.9 Å². The van der Waals surface area contributed by atoms with Crippen molar-refractivity contribution in [3.63, 3.8) is 0 Å². The summed E-state index contributed by atoms with van der Waals surface area (Å²) >= 11 is 4.58. The highest BCUT2D eigenvalue weighted by Crippen LogP contribution is 2.35. The molecule has 0 atom stereocenters.